The molecule has 1 nitrogen and oxygen atoms in total. The van der Waals surface area contributed by atoms with Crippen LogP contribution in [0.3, 0.4) is 0 Å². The molecule has 2 aromatic carbocycles. The van der Waals surface area contributed by atoms with Crippen LogP contribution in [0.25, 0.3) is 0 Å². The van der Waals surface area contributed by atoms with E-state index in [1.807, 2.05) is 18.2 Å². The molecule has 0 radical (unpaired) electrons. The number of hydrogen-bond donors (Lipinski definition) is 1. The summed E-state index contributed by atoms with van der Waals surface area (Å²) in [6, 6.07) is 14.1. The first-order valence-corrected chi connectivity index (χ1v) is 8.96. The molecule has 0 aliphatic carbocycles. The zero-order valence-corrected chi connectivity index (χ0v) is 14.5. The van der Waals surface area contributed by atoms with Crippen LogP contribution in [-0.2, 0) is 0 Å². The highest BCUT2D eigenvalue weighted by Gasteiger charge is 2.19. The lowest BCUT2D eigenvalue weighted by Crippen LogP contribution is -2.24. The lowest BCUT2D eigenvalue weighted by Gasteiger charge is -2.23. The average molecular weight is 340 g/mol. The Labute approximate surface area is 141 Å². The van der Waals surface area contributed by atoms with Crippen molar-refractivity contribution in [2.24, 2.45) is 0 Å². The van der Waals surface area contributed by atoms with Crippen molar-refractivity contribution in [2.45, 2.75) is 24.3 Å². The van der Waals surface area contributed by atoms with Crippen molar-refractivity contribution in [2.75, 3.05) is 12.8 Å². The third-order valence-corrected chi connectivity index (χ3v) is 4.71. The Morgan fingerprint density at radius 3 is 2.57 bits per heavy atom. The van der Waals surface area contributed by atoms with Crippen molar-refractivity contribution in [3.8, 4) is 0 Å². The van der Waals surface area contributed by atoms with Crippen molar-refractivity contribution in [1.82, 2.24) is 5.32 Å². The van der Waals surface area contributed by atoms with E-state index >= 15 is 0 Å². The SMILES string of the molecule is CCCNC(c1cc(Cl)ccc1Cl)c1ccccc1SC. The molecular formula is C17H19Cl2NS. The monoisotopic (exact) mass is 339 g/mol. The number of thioether (sulfide) groups is 1. The summed E-state index contributed by atoms with van der Waals surface area (Å²) in [6.45, 7) is 3.08. The predicted octanol–water partition coefficient (Wildman–Crippen LogP) is 5.80. The van der Waals surface area contributed by atoms with Crippen molar-refractivity contribution in [3.63, 3.8) is 0 Å². The van der Waals surface area contributed by atoms with E-state index in [4.69, 9.17) is 23.2 Å². The maximum atomic E-state index is 6.41. The van der Waals surface area contributed by atoms with Crippen LogP contribution < -0.4 is 5.32 Å². The van der Waals surface area contributed by atoms with Gasteiger partial charge in [-0.25, -0.2) is 0 Å². The average Bonchev–Trinajstić information content (AvgIpc) is 2.51. The fourth-order valence-corrected chi connectivity index (χ4v) is 3.36. The second-order valence-corrected chi connectivity index (χ2v) is 6.49. The minimum Gasteiger partial charge on any atom is -0.306 e. The van der Waals surface area contributed by atoms with E-state index in [0.717, 1.165) is 23.6 Å². The van der Waals surface area contributed by atoms with Crippen LogP contribution in [0.15, 0.2) is 47.4 Å². The summed E-state index contributed by atoms with van der Waals surface area (Å²) in [5.41, 5.74) is 2.27. The fourth-order valence-electron chi connectivity index (χ4n) is 2.32. The summed E-state index contributed by atoms with van der Waals surface area (Å²) in [4.78, 5) is 1.25. The molecule has 0 amide bonds. The highest BCUT2D eigenvalue weighted by molar-refractivity contribution is 7.98. The van der Waals surface area contributed by atoms with Gasteiger partial charge in [0.1, 0.15) is 0 Å². The number of benzene rings is 2. The maximum Gasteiger partial charge on any atom is 0.0603 e. The molecule has 0 aliphatic rings. The summed E-state index contributed by atoms with van der Waals surface area (Å²) in [5.74, 6) is 0. The van der Waals surface area contributed by atoms with Gasteiger partial charge < -0.3 is 5.32 Å². The smallest absolute Gasteiger partial charge is 0.0603 e. The van der Waals surface area contributed by atoms with Gasteiger partial charge in [-0.2, -0.15) is 0 Å². The van der Waals surface area contributed by atoms with E-state index in [-0.39, 0.29) is 6.04 Å². The van der Waals surface area contributed by atoms with E-state index in [0.29, 0.717) is 5.02 Å². The van der Waals surface area contributed by atoms with Crippen molar-refractivity contribution < 1.29 is 0 Å². The molecule has 0 bridgehead atoms. The van der Waals surface area contributed by atoms with Crippen LogP contribution >= 0.6 is 35.0 Å². The van der Waals surface area contributed by atoms with Crippen LogP contribution in [0.2, 0.25) is 10.0 Å². The Hall–Kier alpha value is -0.670. The molecule has 1 unspecified atom stereocenters. The summed E-state index contributed by atoms with van der Waals surface area (Å²) < 4.78 is 0. The van der Waals surface area contributed by atoms with Gasteiger partial charge in [0.25, 0.3) is 0 Å². The first kappa shape index (κ1) is 16.7. The first-order chi connectivity index (χ1) is 10.2. The Balaban J connectivity index is 2.49. The Morgan fingerprint density at radius 1 is 1.10 bits per heavy atom. The summed E-state index contributed by atoms with van der Waals surface area (Å²) in [5, 5.41) is 5.04. The molecule has 112 valence electrons. The second-order valence-electron chi connectivity index (χ2n) is 4.79. The molecule has 2 rings (SSSR count). The number of nitrogens with one attached hydrogen (secondary N) is 1. The quantitative estimate of drug-likeness (QED) is 0.667. The largest absolute Gasteiger partial charge is 0.306 e. The summed E-state index contributed by atoms with van der Waals surface area (Å²) in [7, 11) is 0. The van der Waals surface area contributed by atoms with E-state index < -0.39 is 0 Å². The molecule has 0 aliphatic heterocycles. The molecular weight excluding hydrogens is 321 g/mol. The number of halogens is 2. The van der Waals surface area contributed by atoms with E-state index in [9.17, 15) is 0 Å². The zero-order valence-electron chi connectivity index (χ0n) is 12.2. The van der Waals surface area contributed by atoms with E-state index in [1.165, 1.54) is 10.5 Å². The lowest BCUT2D eigenvalue weighted by molar-refractivity contribution is 0.592. The summed E-state index contributed by atoms with van der Waals surface area (Å²) in [6.07, 6.45) is 3.16. The van der Waals surface area contributed by atoms with Crippen molar-refractivity contribution >= 4 is 35.0 Å². The molecule has 0 fully saturated rings. The van der Waals surface area contributed by atoms with Crippen LogP contribution in [0, 0.1) is 0 Å². The van der Waals surface area contributed by atoms with Gasteiger partial charge in [0, 0.05) is 14.9 Å². The molecule has 2 aromatic rings. The standard InChI is InChI=1S/C17H19Cl2NS/c1-3-10-20-17(13-6-4-5-7-16(13)21-2)14-11-12(18)8-9-15(14)19/h4-9,11,17,20H,3,10H2,1-2H3. The normalized spacial score (nSPS) is 12.4. The molecule has 4 heteroatoms. The minimum absolute atomic E-state index is 0.0554. The Morgan fingerprint density at radius 2 is 1.86 bits per heavy atom. The fraction of sp³-hybridized carbons (Fsp3) is 0.294. The van der Waals surface area contributed by atoms with E-state index in [2.05, 4.69) is 42.8 Å². The molecule has 1 N–H and O–H groups in total. The summed E-state index contributed by atoms with van der Waals surface area (Å²) >= 11 is 14.3. The molecule has 0 heterocycles. The van der Waals surface area contributed by atoms with Crippen LogP contribution in [0.4, 0.5) is 0 Å². The van der Waals surface area contributed by atoms with Crippen molar-refractivity contribution in [1.29, 1.82) is 0 Å². The van der Waals surface area contributed by atoms with Gasteiger partial charge in [0.05, 0.1) is 6.04 Å². The molecule has 0 saturated heterocycles. The third-order valence-electron chi connectivity index (χ3n) is 3.32. The van der Waals surface area contributed by atoms with Gasteiger partial charge in [0.2, 0.25) is 0 Å². The van der Waals surface area contributed by atoms with Crippen LogP contribution in [0.1, 0.15) is 30.5 Å². The topological polar surface area (TPSA) is 12.0 Å². The molecule has 21 heavy (non-hydrogen) atoms. The van der Waals surface area contributed by atoms with Gasteiger partial charge in [-0.3, -0.25) is 0 Å². The van der Waals surface area contributed by atoms with Crippen LogP contribution in [-0.4, -0.2) is 12.8 Å². The minimum atomic E-state index is 0.0554. The number of rotatable bonds is 6. The van der Waals surface area contributed by atoms with E-state index in [1.54, 1.807) is 11.8 Å². The highest BCUT2D eigenvalue weighted by Crippen LogP contribution is 2.34. The van der Waals surface area contributed by atoms with Crippen molar-refractivity contribution in [3.05, 3.63) is 63.6 Å². The predicted molar refractivity (Wildman–Crippen MR) is 94.8 cm³/mol. The van der Waals surface area contributed by atoms with Crippen LogP contribution in [0.5, 0.6) is 0 Å². The van der Waals surface area contributed by atoms with Gasteiger partial charge in [-0.15, -0.1) is 11.8 Å². The second kappa shape index (κ2) is 8.09. The number of hydrogen-bond acceptors (Lipinski definition) is 2. The van der Waals surface area contributed by atoms with Gasteiger partial charge in [-0.05, 0) is 54.6 Å². The molecule has 0 saturated carbocycles. The first-order valence-electron chi connectivity index (χ1n) is 6.98. The molecule has 1 atom stereocenters. The molecule has 0 spiro atoms. The van der Waals surface area contributed by atoms with Gasteiger partial charge >= 0.3 is 0 Å². The third kappa shape index (κ3) is 4.17. The highest BCUT2D eigenvalue weighted by atomic mass is 35.5. The van der Waals surface area contributed by atoms with Gasteiger partial charge in [0.15, 0.2) is 0 Å². The Kier molecular flexibility index (Phi) is 6.43. The Bertz CT molecular complexity index is 601. The lowest BCUT2D eigenvalue weighted by atomic mass is 9.98. The maximum absolute atomic E-state index is 6.41. The van der Waals surface area contributed by atoms with Gasteiger partial charge in [-0.1, -0.05) is 48.3 Å². The molecule has 0 aromatic heterocycles. The zero-order chi connectivity index (χ0) is 15.2.